The molecule has 6 nitrogen and oxygen atoms in total. The Bertz CT molecular complexity index is 1270. The van der Waals surface area contributed by atoms with Crippen molar-refractivity contribution in [3.8, 4) is 45.0 Å². The van der Waals surface area contributed by atoms with Crippen molar-refractivity contribution in [2.24, 2.45) is 0 Å². The minimum absolute atomic E-state index is 0.0764. The molecule has 4 aromatic rings. The summed E-state index contributed by atoms with van der Waals surface area (Å²) in [7, 11) is 3.15. The van der Waals surface area contributed by atoms with Crippen LogP contribution in [0.25, 0.3) is 33.5 Å². The molecule has 0 unspecified atom stereocenters. The maximum atomic E-state index is 13.7. The van der Waals surface area contributed by atoms with Gasteiger partial charge in [0.25, 0.3) is 5.56 Å². The molecule has 0 saturated heterocycles. The minimum Gasteiger partial charge on any atom is -0.497 e. The molecule has 0 radical (unpaired) electrons. The summed E-state index contributed by atoms with van der Waals surface area (Å²) < 4.78 is 12.4. The van der Waals surface area contributed by atoms with Crippen LogP contribution >= 0.6 is 0 Å². The highest BCUT2D eigenvalue weighted by Crippen LogP contribution is 2.41. The Hall–Kier alpha value is -3.90. The van der Waals surface area contributed by atoms with Crippen LogP contribution in [0.15, 0.2) is 83.7 Å². The Labute approximate surface area is 186 Å². The van der Waals surface area contributed by atoms with Crippen LogP contribution in [0.3, 0.4) is 0 Å². The van der Waals surface area contributed by atoms with Gasteiger partial charge in [-0.1, -0.05) is 60.7 Å². The lowest BCUT2D eigenvalue weighted by atomic mass is 9.91. The molecule has 1 N–H and O–H groups in total. The molecule has 1 heterocycles. The number of hydrogen-bond donors (Lipinski definition) is 1. The Kier molecular flexibility index (Phi) is 6.33. The Morgan fingerprint density at radius 1 is 0.844 bits per heavy atom. The van der Waals surface area contributed by atoms with E-state index in [1.807, 2.05) is 60.7 Å². The first-order chi connectivity index (χ1) is 15.7. The van der Waals surface area contributed by atoms with Crippen molar-refractivity contribution in [2.75, 3.05) is 20.8 Å². The van der Waals surface area contributed by atoms with Gasteiger partial charge < -0.3 is 14.6 Å². The molecule has 0 aliphatic heterocycles. The maximum Gasteiger partial charge on any atom is 0.275 e. The molecule has 162 valence electrons. The van der Waals surface area contributed by atoms with E-state index < -0.39 is 0 Å². The van der Waals surface area contributed by atoms with Gasteiger partial charge >= 0.3 is 0 Å². The second-order valence-corrected chi connectivity index (χ2v) is 7.15. The molecule has 32 heavy (non-hydrogen) atoms. The highest BCUT2D eigenvalue weighted by Gasteiger charge is 2.24. The molecular weight excluding hydrogens is 404 g/mol. The molecule has 3 aromatic carbocycles. The lowest BCUT2D eigenvalue weighted by Crippen LogP contribution is -2.27. The van der Waals surface area contributed by atoms with Gasteiger partial charge in [0.1, 0.15) is 11.5 Å². The molecule has 4 rings (SSSR count). The lowest BCUT2D eigenvalue weighted by molar-refractivity contribution is 0.266. The van der Waals surface area contributed by atoms with E-state index in [0.29, 0.717) is 33.9 Å². The van der Waals surface area contributed by atoms with Crippen LogP contribution in [0.2, 0.25) is 0 Å². The number of rotatable bonds is 7. The third-order valence-electron chi connectivity index (χ3n) is 5.25. The summed E-state index contributed by atoms with van der Waals surface area (Å²) in [5.41, 5.74) is 3.78. The van der Waals surface area contributed by atoms with Gasteiger partial charge in [0.15, 0.2) is 0 Å². The molecule has 1 aromatic heterocycles. The maximum absolute atomic E-state index is 13.7. The number of aliphatic hydroxyl groups excluding tert-OH is 1. The second-order valence-electron chi connectivity index (χ2n) is 7.15. The van der Waals surface area contributed by atoms with Gasteiger partial charge in [-0.3, -0.25) is 4.79 Å². The van der Waals surface area contributed by atoms with Crippen molar-refractivity contribution in [1.29, 1.82) is 0 Å². The Morgan fingerprint density at radius 3 is 2.09 bits per heavy atom. The van der Waals surface area contributed by atoms with Crippen LogP contribution in [0.1, 0.15) is 0 Å². The largest absolute Gasteiger partial charge is 0.497 e. The highest BCUT2D eigenvalue weighted by molar-refractivity contribution is 5.93. The Balaban J connectivity index is 2.18. The first-order valence-electron chi connectivity index (χ1n) is 10.3. The zero-order valence-corrected chi connectivity index (χ0v) is 18.0. The van der Waals surface area contributed by atoms with E-state index in [2.05, 4.69) is 5.10 Å². The summed E-state index contributed by atoms with van der Waals surface area (Å²) in [6.45, 7) is -0.131. The summed E-state index contributed by atoms with van der Waals surface area (Å²) in [4.78, 5) is 13.7. The summed E-state index contributed by atoms with van der Waals surface area (Å²) in [6, 6.07) is 24.7. The number of nitrogens with zero attached hydrogens (tertiary/aromatic N) is 2. The van der Waals surface area contributed by atoms with E-state index in [9.17, 15) is 9.90 Å². The quantitative estimate of drug-likeness (QED) is 0.476. The molecule has 0 aliphatic carbocycles. The van der Waals surface area contributed by atoms with E-state index in [-0.39, 0.29) is 18.7 Å². The SMILES string of the molecule is COc1ccc(OC)c(-c2c(-c3ccccc3)c(-c3ccccc3)nn(CCO)c2=O)c1. The van der Waals surface area contributed by atoms with Gasteiger partial charge in [0.2, 0.25) is 0 Å². The number of ether oxygens (including phenoxy) is 2. The van der Waals surface area contributed by atoms with Crippen molar-refractivity contribution in [2.45, 2.75) is 6.54 Å². The van der Waals surface area contributed by atoms with E-state index in [1.54, 1.807) is 32.4 Å². The van der Waals surface area contributed by atoms with Crippen LogP contribution in [0, 0.1) is 0 Å². The molecule has 0 atom stereocenters. The van der Waals surface area contributed by atoms with E-state index in [1.165, 1.54) is 4.68 Å². The van der Waals surface area contributed by atoms with Gasteiger partial charge in [0.05, 0.1) is 38.6 Å². The second kappa shape index (κ2) is 9.49. The number of hydrogen-bond acceptors (Lipinski definition) is 5. The van der Waals surface area contributed by atoms with E-state index >= 15 is 0 Å². The summed E-state index contributed by atoms with van der Waals surface area (Å²) in [5.74, 6) is 1.15. The zero-order valence-electron chi connectivity index (χ0n) is 18.0. The minimum atomic E-state index is -0.316. The van der Waals surface area contributed by atoms with Crippen molar-refractivity contribution >= 4 is 0 Å². The van der Waals surface area contributed by atoms with Crippen molar-refractivity contribution in [3.63, 3.8) is 0 Å². The van der Waals surface area contributed by atoms with Crippen molar-refractivity contribution in [3.05, 3.63) is 89.2 Å². The van der Waals surface area contributed by atoms with Crippen molar-refractivity contribution in [1.82, 2.24) is 9.78 Å². The number of benzene rings is 3. The average Bonchev–Trinajstić information content (AvgIpc) is 2.85. The number of methoxy groups -OCH3 is 2. The van der Waals surface area contributed by atoms with E-state index in [4.69, 9.17) is 9.47 Å². The summed E-state index contributed by atoms with van der Waals surface area (Å²) in [5, 5.41) is 14.3. The molecule has 0 aliphatic rings. The average molecular weight is 428 g/mol. The summed E-state index contributed by atoms with van der Waals surface area (Å²) in [6.07, 6.45) is 0. The third-order valence-corrected chi connectivity index (χ3v) is 5.25. The van der Waals surface area contributed by atoms with E-state index in [0.717, 1.165) is 11.1 Å². The van der Waals surface area contributed by atoms with Crippen LogP contribution in [0.5, 0.6) is 11.5 Å². The van der Waals surface area contributed by atoms with Gasteiger partial charge in [-0.15, -0.1) is 0 Å². The standard InChI is InChI=1S/C26H24N2O4/c1-31-20-13-14-22(32-2)21(17-20)24-23(18-9-5-3-6-10-18)25(19-11-7-4-8-12-19)27-28(15-16-29)26(24)30/h3-14,17,29H,15-16H2,1-2H3. The van der Waals surface area contributed by atoms with Gasteiger partial charge in [0, 0.05) is 16.7 Å². The van der Waals surface area contributed by atoms with Crippen molar-refractivity contribution < 1.29 is 14.6 Å². The van der Waals surface area contributed by atoms with Gasteiger partial charge in [-0.25, -0.2) is 4.68 Å². The monoisotopic (exact) mass is 428 g/mol. The molecule has 0 amide bonds. The van der Waals surface area contributed by atoms with Gasteiger partial charge in [-0.05, 0) is 23.8 Å². The van der Waals surface area contributed by atoms with Crippen LogP contribution in [0.4, 0.5) is 0 Å². The fourth-order valence-corrected chi connectivity index (χ4v) is 3.76. The predicted octanol–water partition coefficient (Wildman–Crippen LogP) is 4.25. The first-order valence-corrected chi connectivity index (χ1v) is 10.3. The molecule has 0 bridgehead atoms. The molecular formula is C26H24N2O4. The topological polar surface area (TPSA) is 73.6 Å². The first kappa shape index (κ1) is 21.3. The number of aliphatic hydroxyl groups is 1. The summed E-state index contributed by atoms with van der Waals surface area (Å²) >= 11 is 0. The zero-order chi connectivity index (χ0) is 22.5. The third kappa shape index (κ3) is 4.00. The predicted molar refractivity (Wildman–Crippen MR) is 125 cm³/mol. The molecule has 0 fully saturated rings. The van der Waals surface area contributed by atoms with Gasteiger partial charge in [-0.2, -0.15) is 5.10 Å². The highest BCUT2D eigenvalue weighted by atomic mass is 16.5. The van der Waals surface area contributed by atoms with Crippen LogP contribution in [-0.2, 0) is 6.54 Å². The molecule has 0 spiro atoms. The fourth-order valence-electron chi connectivity index (χ4n) is 3.76. The Morgan fingerprint density at radius 2 is 1.50 bits per heavy atom. The van der Waals surface area contributed by atoms with Crippen LogP contribution in [-0.4, -0.2) is 35.7 Å². The molecule has 6 heteroatoms. The van der Waals surface area contributed by atoms with Crippen LogP contribution < -0.4 is 15.0 Å². The smallest absolute Gasteiger partial charge is 0.275 e. The number of aromatic nitrogens is 2. The molecule has 0 saturated carbocycles. The lowest BCUT2D eigenvalue weighted by Gasteiger charge is -2.19. The normalized spacial score (nSPS) is 10.7. The fraction of sp³-hybridized carbons (Fsp3) is 0.154.